The van der Waals surface area contributed by atoms with E-state index >= 15 is 0 Å². The van der Waals surface area contributed by atoms with Gasteiger partial charge in [-0.15, -0.1) is 0 Å². The molecule has 0 atom stereocenters. The van der Waals surface area contributed by atoms with E-state index in [0.717, 1.165) is 24.2 Å². The van der Waals surface area contributed by atoms with Crippen LogP contribution in [0.2, 0.25) is 0 Å². The zero-order valence-electron chi connectivity index (χ0n) is 9.86. The van der Waals surface area contributed by atoms with Crippen molar-refractivity contribution in [3.8, 4) is 17.2 Å². The lowest BCUT2D eigenvalue weighted by Gasteiger charge is -2.22. The second-order valence-corrected chi connectivity index (χ2v) is 4.68. The Morgan fingerprint density at radius 1 is 1.29 bits per heavy atom. The lowest BCUT2D eigenvalue weighted by Crippen LogP contribution is -2.17. The van der Waals surface area contributed by atoms with Crippen LogP contribution < -0.4 is 14.2 Å². The average molecular weight is 236 g/mol. The van der Waals surface area contributed by atoms with Gasteiger partial charge in [0.1, 0.15) is 13.2 Å². The van der Waals surface area contributed by atoms with Crippen molar-refractivity contribution in [2.24, 2.45) is 0 Å². The van der Waals surface area contributed by atoms with Gasteiger partial charge < -0.3 is 19.3 Å². The summed E-state index contributed by atoms with van der Waals surface area (Å²) in [7, 11) is 1.62. The number of hydrogen-bond donors (Lipinski definition) is 1. The molecule has 92 valence electrons. The molecule has 0 unspecified atom stereocenters. The van der Waals surface area contributed by atoms with E-state index in [-0.39, 0.29) is 0 Å². The van der Waals surface area contributed by atoms with Crippen molar-refractivity contribution < 1.29 is 19.3 Å². The molecule has 1 aromatic rings. The SMILES string of the molecule is COc1c(CC2(O)CC2)ccc2c1OCCO2. The van der Waals surface area contributed by atoms with Gasteiger partial charge >= 0.3 is 0 Å². The smallest absolute Gasteiger partial charge is 0.203 e. The third-order valence-electron chi connectivity index (χ3n) is 3.30. The highest BCUT2D eigenvalue weighted by Gasteiger charge is 2.41. The maximum Gasteiger partial charge on any atom is 0.203 e. The highest BCUT2D eigenvalue weighted by atomic mass is 16.6. The quantitative estimate of drug-likeness (QED) is 0.864. The van der Waals surface area contributed by atoms with Crippen molar-refractivity contribution in [3.05, 3.63) is 17.7 Å². The van der Waals surface area contributed by atoms with Gasteiger partial charge in [0, 0.05) is 12.0 Å². The normalized spacial score (nSPS) is 19.9. The minimum atomic E-state index is -0.531. The number of ether oxygens (including phenoxy) is 3. The van der Waals surface area contributed by atoms with Crippen molar-refractivity contribution in [2.45, 2.75) is 24.9 Å². The third-order valence-corrected chi connectivity index (χ3v) is 3.30. The summed E-state index contributed by atoms with van der Waals surface area (Å²) < 4.78 is 16.5. The number of rotatable bonds is 3. The largest absolute Gasteiger partial charge is 0.492 e. The summed E-state index contributed by atoms with van der Waals surface area (Å²) in [4.78, 5) is 0. The standard InChI is InChI=1S/C13H16O4/c1-15-11-9(8-13(14)4-5-13)2-3-10-12(11)17-7-6-16-10/h2-3,14H,4-8H2,1H3. The molecule has 0 amide bonds. The van der Waals surface area contributed by atoms with Crippen LogP contribution in [0.25, 0.3) is 0 Å². The van der Waals surface area contributed by atoms with Crippen molar-refractivity contribution in [1.29, 1.82) is 0 Å². The molecule has 0 bridgehead atoms. The summed E-state index contributed by atoms with van der Waals surface area (Å²) in [5, 5.41) is 9.98. The average Bonchev–Trinajstić information content (AvgIpc) is 3.07. The Labute approximate surface area is 100 Å². The topological polar surface area (TPSA) is 47.9 Å². The molecule has 17 heavy (non-hydrogen) atoms. The van der Waals surface area contributed by atoms with E-state index in [1.165, 1.54) is 0 Å². The molecule has 0 saturated heterocycles. The molecular formula is C13H16O4. The highest BCUT2D eigenvalue weighted by Crippen LogP contribution is 2.46. The van der Waals surface area contributed by atoms with Gasteiger partial charge in [-0.05, 0) is 18.9 Å². The maximum absolute atomic E-state index is 9.98. The van der Waals surface area contributed by atoms with Gasteiger partial charge in [-0.3, -0.25) is 0 Å². The minimum absolute atomic E-state index is 0.531. The van der Waals surface area contributed by atoms with E-state index in [0.29, 0.717) is 31.1 Å². The van der Waals surface area contributed by atoms with E-state index in [1.54, 1.807) is 7.11 Å². The van der Waals surface area contributed by atoms with Crippen molar-refractivity contribution >= 4 is 0 Å². The lowest BCUT2D eigenvalue weighted by atomic mass is 10.0. The number of aliphatic hydroxyl groups is 1. The van der Waals surface area contributed by atoms with Gasteiger partial charge in [-0.2, -0.15) is 0 Å². The molecule has 0 radical (unpaired) electrons. The second-order valence-electron chi connectivity index (χ2n) is 4.68. The van der Waals surface area contributed by atoms with E-state index in [9.17, 15) is 5.11 Å². The van der Waals surface area contributed by atoms with E-state index in [4.69, 9.17) is 14.2 Å². The van der Waals surface area contributed by atoms with Crippen LogP contribution in [-0.2, 0) is 6.42 Å². The molecule has 4 heteroatoms. The van der Waals surface area contributed by atoms with Crippen LogP contribution in [0.4, 0.5) is 0 Å². The predicted octanol–water partition coefficient (Wildman–Crippen LogP) is 1.53. The molecule has 1 heterocycles. The first-order chi connectivity index (χ1) is 8.22. The van der Waals surface area contributed by atoms with Crippen molar-refractivity contribution in [2.75, 3.05) is 20.3 Å². The van der Waals surface area contributed by atoms with Gasteiger partial charge in [0.15, 0.2) is 11.5 Å². The summed E-state index contributed by atoms with van der Waals surface area (Å²) in [6.07, 6.45) is 2.35. The number of hydrogen-bond acceptors (Lipinski definition) is 4. The molecule has 4 nitrogen and oxygen atoms in total. The van der Waals surface area contributed by atoms with Gasteiger partial charge in [0.25, 0.3) is 0 Å². The van der Waals surface area contributed by atoms with Crippen LogP contribution >= 0.6 is 0 Å². The van der Waals surface area contributed by atoms with E-state index in [1.807, 2.05) is 12.1 Å². The van der Waals surface area contributed by atoms with Crippen molar-refractivity contribution in [1.82, 2.24) is 0 Å². The van der Waals surface area contributed by atoms with Gasteiger partial charge in [-0.1, -0.05) is 6.07 Å². The Balaban J connectivity index is 1.97. The molecule has 1 saturated carbocycles. The fourth-order valence-electron chi connectivity index (χ4n) is 2.17. The lowest BCUT2D eigenvalue weighted by molar-refractivity contribution is 0.147. The molecule has 0 spiro atoms. The fraction of sp³-hybridized carbons (Fsp3) is 0.538. The van der Waals surface area contributed by atoms with Crippen LogP contribution in [-0.4, -0.2) is 31.0 Å². The van der Waals surface area contributed by atoms with Gasteiger partial charge in [0.05, 0.1) is 12.7 Å². The summed E-state index contributed by atoms with van der Waals surface area (Å²) in [5.74, 6) is 2.09. The zero-order chi connectivity index (χ0) is 11.9. The first-order valence-corrected chi connectivity index (χ1v) is 5.90. The van der Waals surface area contributed by atoms with Gasteiger partial charge in [0.2, 0.25) is 5.75 Å². The summed E-state index contributed by atoms with van der Waals surface area (Å²) in [5.41, 5.74) is 0.452. The molecule has 0 aromatic heterocycles. The Morgan fingerprint density at radius 2 is 2.06 bits per heavy atom. The summed E-state index contributed by atoms with van der Waals surface area (Å²) in [6.45, 7) is 1.11. The molecule has 1 N–H and O–H groups in total. The Bertz CT molecular complexity index is 437. The molecule has 2 aliphatic rings. The van der Waals surface area contributed by atoms with Crippen LogP contribution in [0.1, 0.15) is 18.4 Å². The Kier molecular flexibility index (Phi) is 2.40. The summed E-state index contributed by atoms with van der Waals surface area (Å²) in [6, 6.07) is 3.83. The van der Waals surface area contributed by atoms with E-state index in [2.05, 4.69) is 0 Å². The predicted molar refractivity (Wildman–Crippen MR) is 61.9 cm³/mol. The van der Waals surface area contributed by atoms with E-state index < -0.39 is 5.60 Å². The van der Waals surface area contributed by atoms with Crippen LogP contribution in [0.15, 0.2) is 12.1 Å². The highest BCUT2D eigenvalue weighted by molar-refractivity contribution is 5.56. The second kappa shape index (κ2) is 3.81. The first-order valence-electron chi connectivity index (χ1n) is 5.90. The first kappa shape index (κ1) is 10.7. The molecule has 3 rings (SSSR count). The monoisotopic (exact) mass is 236 g/mol. The molecular weight excluding hydrogens is 220 g/mol. The van der Waals surface area contributed by atoms with Gasteiger partial charge in [-0.25, -0.2) is 0 Å². The van der Waals surface area contributed by atoms with Crippen LogP contribution in [0, 0.1) is 0 Å². The zero-order valence-corrected chi connectivity index (χ0v) is 9.86. The van der Waals surface area contributed by atoms with Crippen molar-refractivity contribution in [3.63, 3.8) is 0 Å². The maximum atomic E-state index is 9.98. The molecule has 1 fully saturated rings. The van der Waals surface area contributed by atoms with Crippen LogP contribution in [0.5, 0.6) is 17.2 Å². The molecule has 1 aliphatic heterocycles. The minimum Gasteiger partial charge on any atom is -0.492 e. The van der Waals surface area contributed by atoms with Crippen LogP contribution in [0.3, 0.4) is 0 Å². The molecule has 1 aliphatic carbocycles. The molecule has 1 aromatic carbocycles. The number of fused-ring (bicyclic) bond motifs is 1. The number of methoxy groups -OCH3 is 1. The fourth-order valence-corrected chi connectivity index (χ4v) is 2.17. The summed E-state index contributed by atoms with van der Waals surface area (Å²) >= 11 is 0. The third kappa shape index (κ3) is 1.93. The Morgan fingerprint density at radius 3 is 2.76 bits per heavy atom. The Hall–Kier alpha value is -1.42. The number of benzene rings is 1.